The van der Waals surface area contributed by atoms with Gasteiger partial charge in [0, 0.05) is 6.20 Å². The molecule has 0 radical (unpaired) electrons. The van der Waals surface area contributed by atoms with Crippen molar-refractivity contribution in [1.82, 2.24) is 14.8 Å². The normalized spacial score (nSPS) is 12.4. The van der Waals surface area contributed by atoms with Gasteiger partial charge < -0.3 is 5.32 Å². The molecule has 0 saturated carbocycles. The van der Waals surface area contributed by atoms with Crippen molar-refractivity contribution in [3.8, 4) is 0 Å². The summed E-state index contributed by atoms with van der Waals surface area (Å²) < 4.78 is 1.36. The van der Waals surface area contributed by atoms with Gasteiger partial charge in [-0.05, 0) is 32.9 Å². The van der Waals surface area contributed by atoms with Gasteiger partial charge in [-0.25, -0.2) is 4.68 Å². The fraction of sp³-hybridized carbons (Fsp3) is 0.357. The second kappa shape index (κ2) is 6.05. The van der Waals surface area contributed by atoms with Crippen LogP contribution in [0.3, 0.4) is 0 Å². The Morgan fingerprint density at radius 3 is 2.65 bits per heavy atom. The molecule has 6 heteroatoms. The van der Waals surface area contributed by atoms with Crippen LogP contribution in [0.25, 0.3) is 0 Å². The van der Waals surface area contributed by atoms with Crippen molar-refractivity contribution in [3.63, 3.8) is 0 Å². The molecular weight excluding hydrogens is 276 g/mol. The maximum atomic E-state index is 12.1. The first kappa shape index (κ1) is 14.5. The van der Waals surface area contributed by atoms with E-state index in [1.165, 1.54) is 4.68 Å². The average Bonchev–Trinajstić information content (AvgIpc) is 2.44. The Morgan fingerprint density at radius 2 is 2.05 bits per heavy atom. The minimum Gasteiger partial charge on any atom is -0.374 e. The molecule has 0 aliphatic carbocycles. The lowest BCUT2D eigenvalue weighted by atomic mass is 10.2. The average molecular weight is 293 g/mol. The molecule has 2 heterocycles. The van der Waals surface area contributed by atoms with E-state index in [9.17, 15) is 4.79 Å². The van der Waals surface area contributed by atoms with Crippen LogP contribution in [0.4, 0.5) is 5.69 Å². The van der Waals surface area contributed by atoms with Gasteiger partial charge in [-0.3, -0.25) is 9.78 Å². The van der Waals surface area contributed by atoms with Crippen LogP contribution in [0.5, 0.6) is 0 Å². The quantitative estimate of drug-likeness (QED) is 0.941. The highest BCUT2D eigenvalue weighted by Crippen LogP contribution is 2.22. The topological polar surface area (TPSA) is 59.8 Å². The minimum absolute atomic E-state index is 0.0257. The summed E-state index contributed by atoms with van der Waals surface area (Å²) >= 11 is 6.12. The van der Waals surface area contributed by atoms with Crippen LogP contribution in [0, 0.1) is 0 Å². The van der Waals surface area contributed by atoms with Gasteiger partial charge in [-0.1, -0.05) is 17.7 Å². The van der Waals surface area contributed by atoms with E-state index in [-0.39, 0.29) is 22.7 Å². The van der Waals surface area contributed by atoms with E-state index in [1.54, 1.807) is 12.4 Å². The smallest absolute Gasteiger partial charge is 0.287 e. The van der Waals surface area contributed by atoms with E-state index in [4.69, 9.17) is 11.6 Å². The Balaban J connectivity index is 2.27. The predicted octanol–water partition coefficient (Wildman–Crippen LogP) is 3.05. The van der Waals surface area contributed by atoms with E-state index in [0.717, 1.165) is 5.69 Å². The first-order valence-electron chi connectivity index (χ1n) is 6.45. The molecule has 2 aromatic rings. The Kier molecular flexibility index (Phi) is 4.39. The third kappa shape index (κ3) is 2.99. The van der Waals surface area contributed by atoms with Gasteiger partial charge >= 0.3 is 0 Å². The van der Waals surface area contributed by atoms with E-state index < -0.39 is 0 Å². The van der Waals surface area contributed by atoms with Crippen molar-refractivity contribution in [2.75, 3.05) is 5.32 Å². The summed E-state index contributed by atoms with van der Waals surface area (Å²) in [5.41, 5.74) is 1.10. The van der Waals surface area contributed by atoms with Crippen LogP contribution < -0.4 is 10.9 Å². The maximum Gasteiger partial charge on any atom is 0.287 e. The number of rotatable bonds is 4. The number of nitrogens with one attached hydrogen (secondary N) is 1. The highest BCUT2D eigenvalue weighted by Gasteiger charge is 2.14. The maximum absolute atomic E-state index is 12.1. The summed E-state index contributed by atoms with van der Waals surface area (Å²) in [6.07, 6.45) is 3.30. The number of hydrogen-bond donors (Lipinski definition) is 1. The first-order valence-corrected chi connectivity index (χ1v) is 6.83. The van der Waals surface area contributed by atoms with Gasteiger partial charge in [-0.15, -0.1) is 0 Å². The molecule has 0 spiro atoms. The lowest BCUT2D eigenvalue weighted by Gasteiger charge is -2.16. The second-order valence-electron chi connectivity index (χ2n) is 4.84. The Morgan fingerprint density at radius 1 is 1.30 bits per heavy atom. The van der Waals surface area contributed by atoms with Crippen LogP contribution >= 0.6 is 11.6 Å². The molecule has 2 rings (SSSR count). The van der Waals surface area contributed by atoms with Crippen LogP contribution in [0.2, 0.25) is 5.02 Å². The van der Waals surface area contributed by atoms with E-state index >= 15 is 0 Å². The largest absolute Gasteiger partial charge is 0.374 e. The van der Waals surface area contributed by atoms with E-state index in [2.05, 4.69) is 15.4 Å². The minimum atomic E-state index is -0.292. The van der Waals surface area contributed by atoms with Crippen LogP contribution in [0.1, 0.15) is 38.5 Å². The first-order chi connectivity index (χ1) is 9.50. The Hall–Kier alpha value is -1.88. The highest BCUT2D eigenvalue weighted by molar-refractivity contribution is 6.32. The van der Waals surface area contributed by atoms with Crippen LogP contribution in [-0.2, 0) is 0 Å². The molecule has 0 aliphatic rings. The lowest BCUT2D eigenvalue weighted by molar-refractivity contribution is 0.503. The zero-order chi connectivity index (χ0) is 14.7. The summed E-state index contributed by atoms with van der Waals surface area (Å²) in [5.74, 6) is 0. The zero-order valence-electron chi connectivity index (χ0n) is 11.7. The number of hydrogen-bond acceptors (Lipinski definition) is 4. The van der Waals surface area contributed by atoms with Crippen LogP contribution in [0.15, 0.2) is 35.4 Å². The summed E-state index contributed by atoms with van der Waals surface area (Å²) in [6, 6.07) is 5.59. The van der Waals surface area contributed by atoms with Gasteiger partial charge in [0.25, 0.3) is 5.56 Å². The highest BCUT2D eigenvalue weighted by atomic mass is 35.5. The molecule has 0 bridgehead atoms. The van der Waals surface area contributed by atoms with Crippen molar-refractivity contribution in [3.05, 3.63) is 51.7 Å². The van der Waals surface area contributed by atoms with Gasteiger partial charge in [0.2, 0.25) is 0 Å². The molecule has 1 N–H and O–H groups in total. The molecule has 2 aromatic heterocycles. The molecule has 106 valence electrons. The molecule has 1 atom stereocenters. The molecule has 0 saturated heterocycles. The van der Waals surface area contributed by atoms with Crippen molar-refractivity contribution in [2.45, 2.75) is 32.9 Å². The Labute approximate surface area is 122 Å². The lowest BCUT2D eigenvalue weighted by Crippen LogP contribution is -2.26. The van der Waals surface area contributed by atoms with Gasteiger partial charge in [0.1, 0.15) is 5.02 Å². The van der Waals surface area contributed by atoms with Crippen molar-refractivity contribution in [2.24, 2.45) is 0 Å². The number of nitrogens with zero attached hydrogens (tertiary/aromatic N) is 3. The molecule has 0 fully saturated rings. The van der Waals surface area contributed by atoms with E-state index in [0.29, 0.717) is 5.69 Å². The number of aromatic nitrogens is 3. The Bertz CT molecular complexity index is 639. The monoisotopic (exact) mass is 292 g/mol. The van der Waals surface area contributed by atoms with Crippen molar-refractivity contribution >= 4 is 17.3 Å². The standard InChI is InChI=1S/C14H17ClN4O/c1-9(2)19-14(20)13(15)12(8-17-19)18-10(3)11-6-4-5-7-16-11/h4-10,18H,1-3H3. The SMILES string of the molecule is CC(Nc1cnn(C(C)C)c(=O)c1Cl)c1ccccn1. The number of anilines is 1. The summed E-state index contributed by atoms with van der Waals surface area (Å²) in [6.45, 7) is 5.72. The molecule has 0 aliphatic heterocycles. The van der Waals surface area contributed by atoms with Crippen molar-refractivity contribution < 1.29 is 0 Å². The molecule has 0 amide bonds. The van der Waals surface area contributed by atoms with Gasteiger partial charge in [0.15, 0.2) is 0 Å². The number of pyridine rings is 1. The number of halogens is 1. The third-order valence-electron chi connectivity index (χ3n) is 2.94. The van der Waals surface area contributed by atoms with Gasteiger partial charge in [-0.2, -0.15) is 5.10 Å². The summed E-state index contributed by atoms with van der Waals surface area (Å²) in [5, 5.41) is 7.43. The zero-order valence-corrected chi connectivity index (χ0v) is 12.4. The second-order valence-corrected chi connectivity index (χ2v) is 5.21. The fourth-order valence-electron chi connectivity index (χ4n) is 1.85. The predicted molar refractivity (Wildman–Crippen MR) is 80.2 cm³/mol. The van der Waals surface area contributed by atoms with Crippen LogP contribution in [-0.4, -0.2) is 14.8 Å². The summed E-state index contributed by atoms with van der Waals surface area (Å²) in [4.78, 5) is 16.3. The summed E-state index contributed by atoms with van der Waals surface area (Å²) in [7, 11) is 0. The van der Waals surface area contributed by atoms with E-state index in [1.807, 2.05) is 39.0 Å². The molecular formula is C14H17ClN4O. The molecule has 20 heavy (non-hydrogen) atoms. The molecule has 5 nitrogen and oxygen atoms in total. The fourth-order valence-corrected chi connectivity index (χ4v) is 2.04. The molecule has 0 aromatic carbocycles. The van der Waals surface area contributed by atoms with Crippen molar-refractivity contribution in [1.29, 1.82) is 0 Å². The third-order valence-corrected chi connectivity index (χ3v) is 3.30. The molecule has 1 unspecified atom stereocenters. The van der Waals surface area contributed by atoms with Gasteiger partial charge in [0.05, 0.1) is 29.7 Å².